The summed E-state index contributed by atoms with van der Waals surface area (Å²) in [5.41, 5.74) is 0.682. The fourth-order valence-corrected chi connectivity index (χ4v) is 2.70. The fourth-order valence-electron chi connectivity index (χ4n) is 2.70. The number of nitrogens with one attached hydrogen (secondary N) is 2. The Morgan fingerprint density at radius 1 is 1.26 bits per heavy atom. The molecule has 8 heteroatoms. The SMILES string of the molecule is CC[C@H](NC(=O)CCNC(=O)c1ccccc1F)c1cn2cccnc2n1. The van der Waals surface area contributed by atoms with Gasteiger partial charge in [-0.3, -0.25) is 14.0 Å². The van der Waals surface area contributed by atoms with Gasteiger partial charge in [0.1, 0.15) is 5.82 Å². The highest BCUT2D eigenvalue weighted by molar-refractivity contribution is 5.94. The van der Waals surface area contributed by atoms with Gasteiger partial charge in [0.2, 0.25) is 11.7 Å². The number of benzene rings is 1. The van der Waals surface area contributed by atoms with Crippen LogP contribution in [0.4, 0.5) is 4.39 Å². The maximum atomic E-state index is 13.6. The molecule has 140 valence electrons. The van der Waals surface area contributed by atoms with E-state index in [1.165, 1.54) is 18.2 Å². The second kappa shape index (κ2) is 8.39. The number of carbonyl (C=O) groups is 2. The van der Waals surface area contributed by atoms with Crippen LogP contribution < -0.4 is 10.6 Å². The first-order chi connectivity index (χ1) is 13.1. The predicted molar refractivity (Wildman–Crippen MR) is 97.5 cm³/mol. The monoisotopic (exact) mass is 369 g/mol. The van der Waals surface area contributed by atoms with Crippen molar-refractivity contribution in [1.29, 1.82) is 0 Å². The van der Waals surface area contributed by atoms with E-state index in [9.17, 15) is 14.0 Å². The maximum absolute atomic E-state index is 13.6. The summed E-state index contributed by atoms with van der Waals surface area (Å²) in [7, 11) is 0. The number of aromatic nitrogens is 3. The summed E-state index contributed by atoms with van der Waals surface area (Å²) in [5.74, 6) is -0.789. The van der Waals surface area contributed by atoms with Gasteiger partial charge in [0.25, 0.3) is 5.91 Å². The number of amides is 2. The Morgan fingerprint density at radius 2 is 2.07 bits per heavy atom. The smallest absolute Gasteiger partial charge is 0.254 e. The number of hydrogen-bond donors (Lipinski definition) is 2. The van der Waals surface area contributed by atoms with Crippen LogP contribution in [0.5, 0.6) is 0 Å². The van der Waals surface area contributed by atoms with Crippen LogP contribution in [0.15, 0.2) is 48.9 Å². The normalized spacial score (nSPS) is 11.9. The van der Waals surface area contributed by atoms with E-state index in [1.807, 2.05) is 19.3 Å². The standard InChI is InChI=1S/C19H20FN5O2/c1-2-15(16-12-25-11-5-9-22-19(25)24-16)23-17(26)8-10-21-18(27)13-6-3-4-7-14(13)20/h3-7,9,11-12,15H,2,8,10H2,1H3,(H,21,27)(H,23,26)/t15-/m0/s1. The molecule has 0 aliphatic carbocycles. The Labute approximate surface area is 155 Å². The van der Waals surface area contributed by atoms with E-state index in [1.54, 1.807) is 22.7 Å². The first-order valence-electron chi connectivity index (χ1n) is 8.70. The van der Waals surface area contributed by atoms with E-state index in [0.717, 1.165) is 5.69 Å². The quantitative estimate of drug-likeness (QED) is 0.669. The molecule has 0 saturated heterocycles. The largest absolute Gasteiger partial charge is 0.351 e. The molecule has 0 fully saturated rings. The number of rotatable bonds is 7. The summed E-state index contributed by atoms with van der Waals surface area (Å²) >= 11 is 0. The summed E-state index contributed by atoms with van der Waals surface area (Å²) in [6, 6.07) is 7.27. The zero-order chi connectivity index (χ0) is 19.2. The van der Waals surface area contributed by atoms with E-state index in [2.05, 4.69) is 20.6 Å². The van der Waals surface area contributed by atoms with E-state index < -0.39 is 11.7 Å². The second-order valence-corrected chi connectivity index (χ2v) is 6.01. The molecule has 0 bridgehead atoms. The lowest BCUT2D eigenvalue weighted by Gasteiger charge is -2.14. The van der Waals surface area contributed by atoms with E-state index in [-0.39, 0.29) is 30.5 Å². The Hall–Kier alpha value is -3.29. The number of imidazole rings is 1. The summed E-state index contributed by atoms with van der Waals surface area (Å²) in [6.45, 7) is 2.06. The molecule has 1 aromatic carbocycles. The topological polar surface area (TPSA) is 88.4 Å². The van der Waals surface area contributed by atoms with Gasteiger partial charge in [-0.05, 0) is 24.6 Å². The van der Waals surface area contributed by atoms with Crippen molar-refractivity contribution < 1.29 is 14.0 Å². The molecule has 1 atom stereocenters. The number of halogens is 1. The van der Waals surface area contributed by atoms with Gasteiger partial charge in [-0.25, -0.2) is 14.4 Å². The molecule has 0 aliphatic rings. The first-order valence-corrected chi connectivity index (χ1v) is 8.70. The van der Waals surface area contributed by atoms with Gasteiger partial charge in [0.15, 0.2) is 0 Å². The van der Waals surface area contributed by atoms with Crippen molar-refractivity contribution in [3.63, 3.8) is 0 Å². The van der Waals surface area contributed by atoms with Gasteiger partial charge in [-0.1, -0.05) is 19.1 Å². The molecular weight excluding hydrogens is 349 g/mol. The minimum atomic E-state index is -0.592. The zero-order valence-corrected chi connectivity index (χ0v) is 14.9. The van der Waals surface area contributed by atoms with Gasteiger partial charge in [0, 0.05) is 31.6 Å². The lowest BCUT2D eigenvalue weighted by molar-refractivity contribution is -0.121. The highest BCUT2D eigenvalue weighted by Crippen LogP contribution is 2.16. The van der Waals surface area contributed by atoms with Crippen molar-refractivity contribution in [2.75, 3.05) is 6.54 Å². The Morgan fingerprint density at radius 3 is 2.81 bits per heavy atom. The van der Waals surface area contributed by atoms with E-state index in [4.69, 9.17) is 0 Å². The molecule has 0 spiro atoms. The molecule has 0 saturated carbocycles. The third kappa shape index (κ3) is 4.46. The molecule has 2 amide bonds. The average molecular weight is 369 g/mol. The van der Waals surface area contributed by atoms with E-state index in [0.29, 0.717) is 12.2 Å². The number of fused-ring (bicyclic) bond motifs is 1. The summed E-state index contributed by atoms with van der Waals surface area (Å²) in [5, 5.41) is 5.45. The molecule has 0 aliphatic heterocycles. The van der Waals surface area contributed by atoms with Crippen LogP contribution in [0.25, 0.3) is 5.78 Å². The van der Waals surface area contributed by atoms with Crippen molar-refractivity contribution in [1.82, 2.24) is 25.0 Å². The molecule has 2 aromatic heterocycles. The van der Waals surface area contributed by atoms with Gasteiger partial charge >= 0.3 is 0 Å². The van der Waals surface area contributed by atoms with Crippen molar-refractivity contribution >= 4 is 17.6 Å². The number of nitrogens with zero attached hydrogens (tertiary/aromatic N) is 3. The first kappa shape index (κ1) is 18.5. The molecular formula is C19H20FN5O2. The lowest BCUT2D eigenvalue weighted by atomic mass is 10.1. The molecule has 0 radical (unpaired) electrons. The van der Waals surface area contributed by atoms with Crippen LogP contribution in [0.1, 0.15) is 41.9 Å². The summed E-state index contributed by atoms with van der Waals surface area (Å²) in [4.78, 5) is 32.7. The highest BCUT2D eigenvalue weighted by Gasteiger charge is 2.17. The Balaban J connectivity index is 1.53. The molecule has 0 unspecified atom stereocenters. The lowest BCUT2D eigenvalue weighted by Crippen LogP contribution is -2.33. The molecule has 3 rings (SSSR count). The van der Waals surface area contributed by atoms with Gasteiger partial charge in [-0.2, -0.15) is 0 Å². The van der Waals surface area contributed by atoms with Gasteiger partial charge in [0.05, 0.1) is 17.3 Å². The second-order valence-electron chi connectivity index (χ2n) is 6.01. The van der Waals surface area contributed by atoms with Crippen LogP contribution in [0, 0.1) is 5.82 Å². The fraction of sp³-hybridized carbons (Fsp3) is 0.263. The van der Waals surface area contributed by atoms with Crippen molar-refractivity contribution in [2.24, 2.45) is 0 Å². The van der Waals surface area contributed by atoms with Crippen LogP contribution in [0.2, 0.25) is 0 Å². The van der Waals surface area contributed by atoms with Gasteiger partial charge in [-0.15, -0.1) is 0 Å². The molecule has 7 nitrogen and oxygen atoms in total. The van der Waals surface area contributed by atoms with Crippen LogP contribution >= 0.6 is 0 Å². The van der Waals surface area contributed by atoms with Gasteiger partial charge < -0.3 is 10.6 Å². The summed E-state index contributed by atoms with van der Waals surface area (Å²) < 4.78 is 15.4. The zero-order valence-electron chi connectivity index (χ0n) is 14.9. The molecule has 3 aromatic rings. The third-order valence-electron chi connectivity index (χ3n) is 4.11. The molecule has 2 N–H and O–H groups in total. The van der Waals surface area contributed by atoms with E-state index >= 15 is 0 Å². The van der Waals surface area contributed by atoms with Crippen molar-refractivity contribution in [3.8, 4) is 0 Å². The van der Waals surface area contributed by atoms with Crippen LogP contribution in [-0.2, 0) is 4.79 Å². The van der Waals surface area contributed by atoms with Crippen LogP contribution in [0.3, 0.4) is 0 Å². The predicted octanol–water partition coefficient (Wildman–Crippen LogP) is 2.26. The summed E-state index contributed by atoms with van der Waals surface area (Å²) in [6.07, 6.45) is 6.08. The Bertz CT molecular complexity index is 923. The maximum Gasteiger partial charge on any atom is 0.254 e. The minimum absolute atomic E-state index is 0.0402. The number of hydrogen-bond acceptors (Lipinski definition) is 4. The Kier molecular flexibility index (Phi) is 5.75. The highest BCUT2D eigenvalue weighted by atomic mass is 19.1. The van der Waals surface area contributed by atoms with Crippen molar-refractivity contribution in [3.05, 3.63) is 66.0 Å². The molecule has 27 heavy (non-hydrogen) atoms. The van der Waals surface area contributed by atoms with Crippen molar-refractivity contribution in [2.45, 2.75) is 25.8 Å². The molecule has 2 heterocycles. The van der Waals surface area contributed by atoms with Crippen LogP contribution in [-0.4, -0.2) is 32.7 Å². The number of carbonyl (C=O) groups excluding carboxylic acids is 2. The average Bonchev–Trinajstić information content (AvgIpc) is 3.10. The third-order valence-corrected chi connectivity index (χ3v) is 4.11. The minimum Gasteiger partial charge on any atom is -0.351 e.